The number of para-hydroxylation sites is 2. The predicted octanol–water partition coefficient (Wildman–Crippen LogP) is 1.16. The summed E-state index contributed by atoms with van der Waals surface area (Å²) < 4.78 is 5.28. The summed E-state index contributed by atoms with van der Waals surface area (Å²) in [6.07, 6.45) is 0. The Morgan fingerprint density at radius 2 is 1.77 bits per heavy atom. The molecule has 144 valence electrons. The molecule has 0 spiro atoms. The molecule has 1 aliphatic heterocycles. The number of nitrogens with one attached hydrogen (secondary N) is 2. The molecule has 2 N–H and O–H groups in total. The summed E-state index contributed by atoms with van der Waals surface area (Å²) >= 11 is 0. The molecule has 0 aliphatic carbocycles. The van der Waals surface area contributed by atoms with E-state index in [2.05, 4.69) is 20.4 Å². The van der Waals surface area contributed by atoms with Crippen molar-refractivity contribution in [3.8, 4) is 5.75 Å². The fourth-order valence-corrected chi connectivity index (χ4v) is 3.03. The van der Waals surface area contributed by atoms with Crippen LogP contribution in [0.3, 0.4) is 0 Å². The zero-order chi connectivity index (χ0) is 19.1. The van der Waals surface area contributed by atoms with Crippen LogP contribution in [0.2, 0.25) is 0 Å². The summed E-state index contributed by atoms with van der Waals surface area (Å²) in [5.41, 5.74) is 0.677. The third-order valence-corrected chi connectivity index (χ3v) is 4.52. The highest BCUT2D eigenvalue weighted by Gasteiger charge is 2.26. The molecule has 1 aromatic rings. The largest absolute Gasteiger partial charge is 0.495 e. The lowest BCUT2D eigenvalue weighted by atomic mass is 10.2. The number of carbonyl (C=O) groups is 2. The minimum atomic E-state index is -0.244. The average molecular weight is 362 g/mol. The van der Waals surface area contributed by atoms with Crippen LogP contribution in [0.4, 0.5) is 5.69 Å². The van der Waals surface area contributed by atoms with Crippen LogP contribution in [0, 0.1) is 0 Å². The fourth-order valence-electron chi connectivity index (χ4n) is 3.03. The molecule has 0 unspecified atom stereocenters. The maximum Gasteiger partial charge on any atom is 0.241 e. The monoisotopic (exact) mass is 362 g/mol. The smallest absolute Gasteiger partial charge is 0.241 e. The molecule has 1 saturated heterocycles. The first kappa shape index (κ1) is 20.2. The lowest BCUT2D eigenvalue weighted by Crippen LogP contribution is -2.54. The van der Waals surface area contributed by atoms with Gasteiger partial charge in [0.2, 0.25) is 11.8 Å². The molecule has 0 radical (unpaired) electrons. The summed E-state index contributed by atoms with van der Waals surface area (Å²) in [5, 5.41) is 5.85. The van der Waals surface area contributed by atoms with Crippen molar-refractivity contribution >= 4 is 17.5 Å². The molecule has 2 amide bonds. The van der Waals surface area contributed by atoms with Crippen LogP contribution in [-0.2, 0) is 9.59 Å². The highest BCUT2D eigenvalue weighted by Crippen LogP contribution is 2.23. The molecule has 1 heterocycles. The van der Waals surface area contributed by atoms with Crippen LogP contribution in [-0.4, -0.2) is 73.5 Å². The number of amides is 2. The van der Waals surface area contributed by atoms with Gasteiger partial charge in [-0.15, -0.1) is 0 Å². The van der Waals surface area contributed by atoms with E-state index in [-0.39, 0.29) is 23.9 Å². The summed E-state index contributed by atoms with van der Waals surface area (Å²) in [7, 11) is 1.59. The van der Waals surface area contributed by atoms with Crippen LogP contribution in [0.5, 0.6) is 5.75 Å². The number of rotatable bonds is 7. The number of carbonyl (C=O) groups excluding carboxylic acids is 2. The second kappa shape index (κ2) is 9.54. The van der Waals surface area contributed by atoms with Crippen molar-refractivity contribution in [1.82, 2.24) is 15.1 Å². The Morgan fingerprint density at radius 3 is 2.38 bits per heavy atom. The molecule has 7 nitrogen and oxygen atoms in total. The van der Waals surface area contributed by atoms with Crippen molar-refractivity contribution in [2.75, 3.05) is 45.2 Å². The van der Waals surface area contributed by atoms with E-state index in [0.717, 1.165) is 26.2 Å². The van der Waals surface area contributed by atoms with Gasteiger partial charge in [0.25, 0.3) is 0 Å². The normalized spacial score (nSPS) is 17.0. The van der Waals surface area contributed by atoms with Gasteiger partial charge in [-0.05, 0) is 32.9 Å². The van der Waals surface area contributed by atoms with E-state index in [1.165, 1.54) is 0 Å². The average Bonchev–Trinajstić information content (AvgIpc) is 2.61. The summed E-state index contributed by atoms with van der Waals surface area (Å²) in [6.45, 7) is 9.30. The van der Waals surface area contributed by atoms with Crippen molar-refractivity contribution in [2.45, 2.75) is 32.9 Å². The number of ether oxygens (including phenoxy) is 1. The van der Waals surface area contributed by atoms with Crippen LogP contribution in [0.1, 0.15) is 20.8 Å². The molecule has 7 heteroatoms. The van der Waals surface area contributed by atoms with Gasteiger partial charge in [0.05, 0.1) is 25.4 Å². The standard InChI is InChI=1S/C19H30N4O3/c1-14(2)20-18(24)13-22-9-11-23(12-10-22)15(3)19(25)21-16-7-5-6-8-17(16)26-4/h5-8,14-15H,9-13H2,1-4H3,(H,20,24)(H,21,25)/t15-/m0/s1. The minimum Gasteiger partial charge on any atom is -0.495 e. The van der Waals surface area contributed by atoms with E-state index in [0.29, 0.717) is 18.0 Å². The number of hydrogen-bond acceptors (Lipinski definition) is 5. The Bertz CT molecular complexity index is 613. The van der Waals surface area contributed by atoms with Crippen molar-refractivity contribution in [3.05, 3.63) is 24.3 Å². The van der Waals surface area contributed by atoms with Crippen molar-refractivity contribution in [3.63, 3.8) is 0 Å². The topological polar surface area (TPSA) is 73.9 Å². The van der Waals surface area contributed by atoms with Gasteiger partial charge in [-0.3, -0.25) is 19.4 Å². The van der Waals surface area contributed by atoms with E-state index in [9.17, 15) is 9.59 Å². The second-order valence-corrected chi connectivity index (χ2v) is 6.90. The molecule has 26 heavy (non-hydrogen) atoms. The summed E-state index contributed by atoms with van der Waals surface area (Å²) in [5.74, 6) is 0.643. The Morgan fingerprint density at radius 1 is 1.12 bits per heavy atom. The second-order valence-electron chi connectivity index (χ2n) is 6.90. The number of methoxy groups -OCH3 is 1. The lowest BCUT2D eigenvalue weighted by molar-refractivity contribution is -0.125. The van der Waals surface area contributed by atoms with Gasteiger partial charge in [-0.2, -0.15) is 0 Å². The van der Waals surface area contributed by atoms with Gasteiger partial charge in [0.15, 0.2) is 0 Å². The van der Waals surface area contributed by atoms with Crippen LogP contribution in [0.25, 0.3) is 0 Å². The Labute approximate surface area is 155 Å². The molecule has 2 rings (SSSR count). The molecule has 1 aliphatic rings. The quantitative estimate of drug-likeness (QED) is 0.762. The van der Waals surface area contributed by atoms with Crippen LogP contribution in [0.15, 0.2) is 24.3 Å². The van der Waals surface area contributed by atoms with Gasteiger partial charge in [-0.1, -0.05) is 12.1 Å². The van der Waals surface area contributed by atoms with Crippen molar-refractivity contribution in [2.24, 2.45) is 0 Å². The number of piperazine rings is 1. The molecule has 1 aromatic carbocycles. The zero-order valence-corrected chi connectivity index (χ0v) is 16.1. The van der Waals surface area contributed by atoms with Gasteiger partial charge in [0.1, 0.15) is 5.75 Å². The highest BCUT2D eigenvalue weighted by atomic mass is 16.5. The van der Waals surface area contributed by atoms with Crippen molar-refractivity contribution in [1.29, 1.82) is 0 Å². The predicted molar refractivity (Wildman–Crippen MR) is 102 cm³/mol. The number of hydrogen-bond donors (Lipinski definition) is 2. The van der Waals surface area contributed by atoms with Gasteiger partial charge >= 0.3 is 0 Å². The maximum absolute atomic E-state index is 12.6. The van der Waals surface area contributed by atoms with E-state index in [1.807, 2.05) is 45.0 Å². The molecular formula is C19H30N4O3. The summed E-state index contributed by atoms with van der Waals surface area (Å²) in [6, 6.07) is 7.29. The SMILES string of the molecule is COc1ccccc1NC(=O)[C@H](C)N1CCN(CC(=O)NC(C)C)CC1. The lowest BCUT2D eigenvalue weighted by Gasteiger charge is -2.37. The van der Waals surface area contributed by atoms with Crippen molar-refractivity contribution < 1.29 is 14.3 Å². The molecule has 1 atom stereocenters. The molecular weight excluding hydrogens is 332 g/mol. The highest BCUT2D eigenvalue weighted by molar-refractivity contribution is 5.95. The third kappa shape index (κ3) is 5.71. The first-order valence-corrected chi connectivity index (χ1v) is 9.10. The Hall–Kier alpha value is -2.12. The number of benzene rings is 1. The number of nitrogens with zero attached hydrogens (tertiary/aromatic N) is 2. The minimum absolute atomic E-state index is 0.0513. The molecule has 1 fully saturated rings. The van der Waals surface area contributed by atoms with Crippen LogP contribution < -0.4 is 15.4 Å². The number of anilines is 1. The Kier molecular flexibility index (Phi) is 7.41. The summed E-state index contributed by atoms with van der Waals surface area (Å²) in [4.78, 5) is 28.7. The van der Waals surface area contributed by atoms with Gasteiger partial charge in [-0.25, -0.2) is 0 Å². The molecule has 0 bridgehead atoms. The van der Waals surface area contributed by atoms with Gasteiger partial charge in [0, 0.05) is 32.2 Å². The van der Waals surface area contributed by atoms with E-state index >= 15 is 0 Å². The van der Waals surface area contributed by atoms with Crippen LogP contribution >= 0.6 is 0 Å². The van der Waals surface area contributed by atoms with E-state index in [4.69, 9.17) is 4.74 Å². The third-order valence-electron chi connectivity index (χ3n) is 4.52. The first-order valence-electron chi connectivity index (χ1n) is 9.10. The maximum atomic E-state index is 12.6. The van der Waals surface area contributed by atoms with E-state index < -0.39 is 0 Å². The molecule has 0 saturated carbocycles. The first-order chi connectivity index (χ1) is 12.4. The van der Waals surface area contributed by atoms with Gasteiger partial charge < -0.3 is 15.4 Å². The Balaban J connectivity index is 1.83. The molecule has 0 aromatic heterocycles. The van der Waals surface area contributed by atoms with E-state index in [1.54, 1.807) is 7.11 Å². The fraction of sp³-hybridized carbons (Fsp3) is 0.579. The zero-order valence-electron chi connectivity index (χ0n) is 16.1.